The minimum absolute atomic E-state index is 0.0890. The first-order valence-corrected chi connectivity index (χ1v) is 15.5. The maximum absolute atomic E-state index is 13.9. The number of ether oxygens (including phenoxy) is 1. The van der Waals surface area contributed by atoms with Crippen molar-refractivity contribution in [1.82, 2.24) is 15.5 Å². The van der Waals surface area contributed by atoms with E-state index in [2.05, 4.69) is 20.9 Å². The van der Waals surface area contributed by atoms with E-state index in [1.807, 2.05) is 60.7 Å². The second kappa shape index (κ2) is 15.0. The normalized spacial score (nSPS) is 25.7. The van der Waals surface area contributed by atoms with Gasteiger partial charge >= 0.3 is 0 Å². The Bertz CT molecular complexity index is 1360. The number of fused-ring (bicyclic) bond motifs is 1. The summed E-state index contributed by atoms with van der Waals surface area (Å²) in [6.45, 7) is 0.856. The molecule has 4 amide bonds. The predicted molar refractivity (Wildman–Crippen MR) is 160 cm³/mol. The number of epoxide rings is 1. The number of hydrogen-bond donors (Lipinski definition) is 2. The van der Waals surface area contributed by atoms with E-state index in [4.69, 9.17) is 4.74 Å². The molecule has 0 bridgehead atoms. The number of amides is 4. The zero-order valence-electron chi connectivity index (χ0n) is 24.7. The number of nitrogens with one attached hydrogen (secondary N) is 2. The Morgan fingerprint density at radius 1 is 0.841 bits per heavy atom. The van der Waals surface area contributed by atoms with Gasteiger partial charge in [0.15, 0.2) is 5.78 Å². The number of azo groups is 1. The van der Waals surface area contributed by atoms with E-state index in [9.17, 15) is 24.0 Å². The SMILES string of the molecule is O=C1N=N[C@@H](CCCCCC(=O)[C@@H]2CO2)C(=O)N[C@@H](Cc2ccccc2)C(=O)N[C@@H](Cc2ccccc2)C(=O)N2CCCC12. The Balaban J connectivity index is 1.38. The van der Waals surface area contributed by atoms with E-state index in [1.165, 1.54) is 4.90 Å². The van der Waals surface area contributed by atoms with Gasteiger partial charge in [-0.1, -0.05) is 73.5 Å². The minimum atomic E-state index is -1.00. The highest BCUT2D eigenvalue weighted by molar-refractivity contribution is 5.96. The van der Waals surface area contributed by atoms with Gasteiger partial charge in [0, 0.05) is 25.8 Å². The molecule has 44 heavy (non-hydrogen) atoms. The predicted octanol–water partition coefficient (Wildman–Crippen LogP) is 2.71. The molecular weight excluding hydrogens is 562 g/mol. The van der Waals surface area contributed by atoms with Gasteiger partial charge in [-0.2, -0.15) is 5.11 Å². The van der Waals surface area contributed by atoms with Crippen molar-refractivity contribution in [2.45, 2.75) is 88.1 Å². The average Bonchev–Trinajstić information content (AvgIpc) is 3.77. The fourth-order valence-corrected chi connectivity index (χ4v) is 5.78. The zero-order chi connectivity index (χ0) is 30.9. The molecular formula is C33H39N5O6. The van der Waals surface area contributed by atoms with Crippen LogP contribution in [0.3, 0.4) is 0 Å². The van der Waals surface area contributed by atoms with Crippen molar-refractivity contribution in [2.24, 2.45) is 10.2 Å². The summed E-state index contributed by atoms with van der Waals surface area (Å²) in [4.78, 5) is 68.0. The van der Waals surface area contributed by atoms with E-state index in [-0.39, 0.29) is 30.6 Å². The van der Waals surface area contributed by atoms with Crippen molar-refractivity contribution in [3.05, 3.63) is 71.8 Å². The molecule has 3 aliphatic rings. The molecule has 0 saturated carbocycles. The van der Waals surface area contributed by atoms with Crippen LogP contribution in [0.4, 0.5) is 0 Å². The highest BCUT2D eigenvalue weighted by Gasteiger charge is 2.39. The van der Waals surface area contributed by atoms with E-state index >= 15 is 0 Å². The number of benzene rings is 2. The lowest BCUT2D eigenvalue weighted by Crippen LogP contribution is -2.57. The molecule has 1 unspecified atom stereocenters. The van der Waals surface area contributed by atoms with Crippen LogP contribution < -0.4 is 10.6 Å². The van der Waals surface area contributed by atoms with Gasteiger partial charge in [-0.05, 0) is 36.8 Å². The maximum Gasteiger partial charge on any atom is 0.286 e. The number of rotatable bonds is 11. The molecule has 0 spiro atoms. The van der Waals surface area contributed by atoms with Gasteiger partial charge in [0.25, 0.3) is 5.91 Å². The molecule has 2 N–H and O–H groups in total. The second-order valence-electron chi connectivity index (χ2n) is 11.6. The second-order valence-corrected chi connectivity index (χ2v) is 11.6. The van der Waals surface area contributed by atoms with Gasteiger partial charge < -0.3 is 20.3 Å². The molecule has 5 rings (SSSR count). The fourth-order valence-electron chi connectivity index (χ4n) is 5.78. The summed E-state index contributed by atoms with van der Waals surface area (Å²) >= 11 is 0. The van der Waals surface area contributed by atoms with Crippen LogP contribution in [0, 0.1) is 0 Å². The number of ketones is 1. The van der Waals surface area contributed by atoms with Gasteiger partial charge in [0.05, 0.1) is 6.61 Å². The topological polar surface area (TPSA) is 150 Å². The lowest BCUT2D eigenvalue weighted by Gasteiger charge is -2.29. The molecule has 2 aromatic carbocycles. The summed E-state index contributed by atoms with van der Waals surface area (Å²) in [7, 11) is 0. The molecule has 0 radical (unpaired) electrons. The Morgan fingerprint density at radius 2 is 1.48 bits per heavy atom. The quantitative estimate of drug-likeness (QED) is 0.299. The Kier molecular flexibility index (Phi) is 10.6. The number of carbonyl (C=O) groups is 5. The molecule has 2 saturated heterocycles. The molecule has 11 nitrogen and oxygen atoms in total. The molecule has 0 aromatic heterocycles. The maximum atomic E-state index is 13.9. The van der Waals surface area contributed by atoms with Crippen molar-refractivity contribution in [2.75, 3.05) is 13.2 Å². The lowest BCUT2D eigenvalue weighted by atomic mass is 10.0. The van der Waals surface area contributed by atoms with Crippen LogP contribution in [0.1, 0.15) is 56.1 Å². The van der Waals surface area contributed by atoms with E-state index < -0.39 is 41.9 Å². The van der Waals surface area contributed by atoms with Gasteiger partial charge in [-0.3, -0.25) is 24.0 Å². The smallest absolute Gasteiger partial charge is 0.286 e. The molecule has 3 aliphatic heterocycles. The molecule has 2 aromatic rings. The average molecular weight is 602 g/mol. The van der Waals surface area contributed by atoms with Gasteiger partial charge in [0.2, 0.25) is 17.7 Å². The van der Waals surface area contributed by atoms with Crippen molar-refractivity contribution in [3.63, 3.8) is 0 Å². The summed E-state index contributed by atoms with van der Waals surface area (Å²) in [5.74, 6) is -1.86. The van der Waals surface area contributed by atoms with E-state index in [1.54, 1.807) is 0 Å². The monoisotopic (exact) mass is 601 g/mol. The van der Waals surface area contributed by atoms with E-state index in [0.29, 0.717) is 58.1 Å². The summed E-state index contributed by atoms with van der Waals surface area (Å²) in [5.41, 5.74) is 1.69. The molecule has 232 valence electrons. The van der Waals surface area contributed by atoms with Crippen LogP contribution in [-0.4, -0.2) is 77.7 Å². The number of Topliss-reactive ketones (excluding diaryl/α,β-unsaturated/α-hetero) is 1. The molecule has 0 aliphatic carbocycles. The highest BCUT2D eigenvalue weighted by atomic mass is 16.6. The Labute approximate surface area is 256 Å². The Morgan fingerprint density at radius 3 is 2.14 bits per heavy atom. The summed E-state index contributed by atoms with van der Waals surface area (Å²) < 4.78 is 5.04. The largest absolute Gasteiger partial charge is 0.365 e. The van der Waals surface area contributed by atoms with Crippen LogP contribution >= 0.6 is 0 Å². The van der Waals surface area contributed by atoms with Crippen molar-refractivity contribution < 1.29 is 28.7 Å². The first-order chi connectivity index (χ1) is 21.4. The fraction of sp³-hybridized carbons (Fsp3) is 0.485. The third-order valence-corrected chi connectivity index (χ3v) is 8.33. The van der Waals surface area contributed by atoms with Gasteiger partial charge in [-0.25, -0.2) is 0 Å². The van der Waals surface area contributed by atoms with Crippen LogP contribution in [-0.2, 0) is 41.6 Å². The Hall–Kier alpha value is -4.25. The molecule has 5 atom stereocenters. The highest BCUT2D eigenvalue weighted by Crippen LogP contribution is 2.22. The lowest BCUT2D eigenvalue weighted by molar-refractivity contribution is -0.141. The van der Waals surface area contributed by atoms with Crippen molar-refractivity contribution in [1.29, 1.82) is 0 Å². The van der Waals surface area contributed by atoms with Gasteiger partial charge in [-0.15, -0.1) is 5.11 Å². The summed E-state index contributed by atoms with van der Waals surface area (Å²) in [6.07, 6.45) is 3.84. The van der Waals surface area contributed by atoms with Crippen LogP contribution in [0.5, 0.6) is 0 Å². The number of nitrogens with zero attached hydrogens (tertiary/aromatic N) is 3. The number of hydrogen-bond acceptors (Lipinski definition) is 7. The first kappa shape index (κ1) is 31.2. The van der Waals surface area contributed by atoms with Crippen LogP contribution in [0.2, 0.25) is 0 Å². The molecule has 11 heteroatoms. The number of unbranched alkanes of at least 4 members (excludes halogenated alkanes) is 2. The van der Waals surface area contributed by atoms with Gasteiger partial charge in [0.1, 0.15) is 30.3 Å². The molecule has 2 fully saturated rings. The summed E-state index contributed by atoms with van der Waals surface area (Å²) in [5, 5.41) is 13.9. The van der Waals surface area contributed by atoms with E-state index in [0.717, 1.165) is 11.1 Å². The first-order valence-electron chi connectivity index (χ1n) is 15.5. The van der Waals surface area contributed by atoms with Crippen molar-refractivity contribution in [3.8, 4) is 0 Å². The minimum Gasteiger partial charge on any atom is -0.365 e. The number of carbonyl (C=O) groups excluding carboxylic acids is 5. The third-order valence-electron chi connectivity index (χ3n) is 8.33. The van der Waals surface area contributed by atoms with Crippen LogP contribution in [0.25, 0.3) is 0 Å². The van der Waals surface area contributed by atoms with Crippen LogP contribution in [0.15, 0.2) is 70.9 Å². The summed E-state index contributed by atoms with van der Waals surface area (Å²) in [6, 6.07) is 14.9. The van der Waals surface area contributed by atoms with Crippen molar-refractivity contribution >= 4 is 29.4 Å². The standard InChI is InChI=1S/C33H39N5O6/c39-28(29-21-44-29)17-9-3-8-15-24-30(40)34-25(19-22-11-4-1-5-12-22)31(41)35-26(20-23-13-6-2-7-14-23)33(43)38-18-10-16-27(38)32(42)37-36-24/h1-2,4-7,11-14,24-27,29H,3,8-10,15-21H2,(H,34,40)(H,35,41)/t24-,25-,26-,27?,29-/m0/s1. The third kappa shape index (κ3) is 8.43. The zero-order valence-corrected chi connectivity index (χ0v) is 24.7. The molecule has 3 heterocycles.